The second kappa shape index (κ2) is 6.45. The van der Waals surface area contributed by atoms with Crippen molar-refractivity contribution in [3.05, 3.63) is 57.0 Å². The maximum atomic E-state index is 14.2. The number of thiazole rings is 2. The van der Waals surface area contributed by atoms with Gasteiger partial charge in [0.25, 0.3) is 5.92 Å². The number of nitrogens with zero attached hydrogens (tertiary/aromatic N) is 2. The highest BCUT2D eigenvalue weighted by atomic mass is 32.1. The van der Waals surface area contributed by atoms with Gasteiger partial charge in [0.1, 0.15) is 0 Å². The summed E-state index contributed by atoms with van der Waals surface area (Å²) in [5.74, 6) is -2.83. The van der Waals surface area contributed by atoms with Crippen LogP contribution >= 0.6 is 22.7 Å². The van der Waals surface area contributed by atoms with Gasteiger partial charge in [-0.25, -0.2) is 18.7 Å². The lowest BCUT2D eigenvalue weighted by molar-refractivity contribution is -0.0130. The highest BCUT2D eigenvalue weighted by Gasteiger charge is 2.31. The van der Waals surface area contributed by atoms with Gasteiger partial charge in [-0.1, -0.05) is 30.3 Å². The normalized spacial score (nSPS) is 11.8. The molecule has 0 aliphatic heterocycles. The lowest BCUT2D eigenvalue weighted by Crippen LogP contribution is -2.14. The fourth-order valence-electron chi connectivity index (χ4n) is 2.39. The van der Waals surface area contributed by atoms with Gasteiger partial charge in [0, 0.05) is 23.8 Å². The molecule has 6 heteroatoms. The van der Waals surface area contributed by atoms with Crippen LogP contribution in [0.5, 0.6) is 0 Å². The van der Waals surface area contributed by atoms with Gasteiger partial charge in [-0.15, -0.1) is 22.7 Å². The molecule has 2 heterocycles. The van der Waals surface area contributed by atoms with Crippen LogP contribution in [0.25, 0.3) is 10.6 Å². The van der Waals surface area contributed by atoms with E-state index in [1.807, 2.05) is 19.2 Å². The van der Waals surface area contributed by atoms with Crippen LogP contribution < -0.4 is 0 Å². The predicted molar refractivity (Wildman–Crippen MR) is 91.4 cm³/mol. The molecule has 0 amide bonds. The average Bonchev–Trinajstić information content (AvgIpc) is 3.12. The van der Waals surface area contributed by atoms with Gasteiger partial charge in [0.2, 0.25) is 0 Å². The minimum absolute atomic E-state index is 0.0608. The number of hydrogen-bond acceptors (Lipinski definition) is 4. The molecular weight excluding hydrogens is 334 g/mol. The Kier molecular flexibility index (Phi) is 4.55. The Balaban J connectivity index is 1.71. The third-order valence-corrected chi connectivity index (χ3v) is 5.54. The molecule has 0 unspecified atom stereocenters. The molecule has 2 aromatic heterocycles. The molecule has 2 nitrogen and oxygen atoms in total. The largest absolute Gasteiger partial charge is 0.273 e. The van der Waals surface area contributed by atoms with Crippen LogP contribution in [-0.4, -0.2) is 9.97 Å². The van der Waals surface area contributed by atoms with Gasteiger partial charge in [0.05, 0.1) is 26.3 Å². The Morgan fingerprint density at radius 1 is 1.09 bits per heavy atom. The monoisotopic (exact) mass is 350 g/mol. The topological polar surface area (TPSA) is 25.8 Å². The van der Waals surface area contributed by atoms with Crippen LogP contribution in [0.2, 0.25) is 0 Å². The van der Waals surface area contributed by atoms with Crippen molar-refractivity contribution >= 4 is 22.7 Å². The van der Waals surface area contributed by atoms with E-state index >= 15 is 0 Å². The molecule has 23 heavy (non-hydrogen) atoms. The molecule has 3 aromatic rings. The molecule has 0 bridgehead atoms. The van der Waals surface area contributed by atoms with Gasteiger partial charge >= 0.3 is 0 Å². The SMILES string of the molecule is Cc1nc(C)c(-c2csc(CCC(F)(F)c3ccccc3)n2)s1. The van der Waals surface area contributed by atoms with Gasteiger partial charge in [-0.05, 0) is 13.8 Å². The van der Waals surface area contributed by atoms with E-state index in [1.54, 1.807) is 29.5 Å². The molecule has 0 saturated heterocycles. The summed E-state index contributed by atoms with van der Waals surface area (Å²) in [6, 6.07) is 7.96. The lowest BCUT2D eigenvalue weighted by atomic mass is 10.0. The maximum Gasteiger partial charge on any atom is 0.273 e. The van der Waals surface area contributed by atoms with Crippen molar-refractivity contribution in [2.24, 2.45) is 0 Å². The minimum Gasteiger partial charge on any atom is -0.246 e. The first-order valence-corrected chi connectivity index (χ1v) is 8.97. The average molecular weight is 350 g/mol. The Labute approximate surface area is 141 Å². The Bertz CT molecular complexity index is 794. The Hall–Kier alpha value is -1.66. The second-order valence-electron chi connectivity index (χ2n) is 5.34. The summed E-state index contributed by atoms with van der Waals surface area (Å²) < 4.78 is 28.4. The van der Waals surface area contributed by atoms with E-state index in [0.29, 0.717) is 0 Å². The number of alkyl halides is 2. The molecule has 3 rings (SSSR count). The summed E-state index contributed by atoms with van der Waals surface area (Å²) in [7, 11) is 0. The first-order valence-electron chi connectivity index (χ1n) is 7.28. The van der Waals surface area contributed by atoms with Crippen LogP contribution in [0.15, 0.2) is 35.7 Å². The lowest BCUT2D eigenvalue weighted by Gasteiger charge is -2.15. The molecule has 0 aliphatic carbocycles. The van der Waals surface area contributed by atoms with Gasteiger partial charge in [0.15, 0.2) is 0 Å². The molecule has 1 aromatic carbocycles. The van der Waals surface area contributed by atoms with E-state index in [0.717, 1.165) is 26.3 Å². The van der Waals surface area contributed by atoms with Crippen molar-refractivity contribution in [1.29, 1.82) is 0 Å². The van der Waals surface area contributed by atoms with Crippen molar-refractivity contribution in [2.45, 2.75) is 32.6 Å². The van der Waals surface area contributed by atoms with E-state index in [1.165, 1.54) is 23.5 Å². The smallest absolute Gasteiger partial charge is 0.246 e. The Morgan fingerprint density at radius 2 is 1.83 bits per heavy atom. The van der Waals surface area contributed by atoms with Crippen LogP contribution in [0.1, 0.15) is 27.7 Å². The van der Waals surface area contributed by atoms with Crippen molar-refractivity contribution < 1.29 is 8.78 Å². The zero-order valence-corrected chi connectivity index (χ0v) is 14.5. The van der Waals surface area contributed by atoms with Crippen LogP contribution in [0.3, 0.4) is 0 Å². The van der Waals surface area contributed by atoms with E-state index in [-0.39, 0.29) is 18.4 Å². The number of aryl methyl sites for hydroxylation is 3. The Morgan fingerprint density at radius 3 is 2.48 bits per heavy atom. The van der Waals surface area contributed by atoms with E-state index < -0.39 is 5.92 Å². The first-order chi connectivity index (χ1) is 11.0. The van der Waals surface area contributed by atoms with Crippen molar-refractivity contribution in [2.75, 3.05) is 0 Å². The maximum absolute atomic E-state index is 14.2. The molecule has 0 spiro atoms. The van der Waals surface area contributed by atoms with E-state index in [4.69, 9.17) is 0 Å². The highest BCUT2D eigenvalue weighted by molar-refractivity contribution is 7.15. The summed E-state index contributed by atoms with van der Waals surface area (Å²) in [6.45, 7) is 3.90. The summed E-state index contributed by atoms with van der Waals surface area (Å²) in [5, 5.41) is 3.65. The summed E-state index contributed by atoms with van der Waals surface area (Å²) in [4.78, 5) is 9.92. The molecular formula is C17H16F2N2S2. The van der Waals surface area contributed by atoms with Crippen LogP contribution in [-0.2, 0) is 12.3 Å². The number of halogens is 2. The predicted octanol–water partition coefficient (Wildman–Crippen LogP) is 5.61. The quantitative estimate of drug-likeness (QED) is 0.598. The number of hydrogen-bond donors (Lipinski definition) is 0. The van der Waals surface area contributed by atoms with Crippen LogP contribution in [0, 0.1) is 13.8 Å². The molecule has 0 fully saturated rings. The third kappa shape index (κ3) is 3.64. The van der Waals surface area contributed by atoms with Crippen molar-refractivity contribution in [3.63, 3.8) is 0 Å². The molecule has 0 aliphatic rings. The standard InChI is InChI=1S/C17H16F2N2S2/c1-11-16(23-12(2)20-11)14-10-22-15(21-14)8-9-17(18,19)13-6-4-3-5-7-13/h3-7,10H,8-9H2,1-2H3. The zero-order valence-electron chi connectivity index (χ0n) is 12.8. The third-order valence-electron chi connectivity index (χ3n) is 3.54. The minimum atomic E-state index is -2.83. The number of rotatable bonds is 5. The fraction of sp³-hybridized carbons (Fsp3) is 0.294. The second-order valence-corrected chi connectivity index (χ2v) is 7.49. The summed E-state index contributed by atoms with van der Waals surface area (Å²) in [6.07, 6.45) is 0.0358. The van der Waals surface area contributed by atoms with Gasteiger partial charge in [-0.3, -0.25) is 0 Å². The molecule has 0 radical (unpaired) electrons. The zero-order chi connectivity index (χ0) is 16.4. The molecule has 0 saturated carbocycles. The molecule has 0 N–H and O–H groups in total. The number of aromatic nitrogens is 2. The van der Waals surface area contributed by atoms with E-state index in [2.05, 4.69) is 9.97 Å². The van der Waals surface area contributed by atoms with Crippen LogP contribution in [0.4, 0.5) is 8.78 Å². The first kappa shape index (κ1) is 16.2. The highest BCUT2D eigenvalue weighted by Crippen LogP contribution is 2.35. The number of benzene rings is 1. The van der Waals surface area contributed by atoms with Crippen molar-refractivity contribution in [1.82, 2.24) is 9.97 Å². The van der Waals surface area contributed by atoms with Crippen molar-refractivity contribution in [3.8, 4) is 10.6 Å². The molecule has 120 valence electrons. The fourth-order valence-corrected chi connectivity index (χ4v) is 4.13. The van der Waals surface area contributed by atoms with Gasteiger partial charge < -0.3 is 0 Å². The van der Waals surface area contributed by atoms with Gasteiger partial charge in [-0.2, -0.15) is 0 Å². The van der Waals surface area contributed by atoms with E-state index in [9.17, 15) is 8.78 Å². The summed E-state index contributed by atoms with van der Waals surface area (Å²) in [5.41, 5.74) is 1.85. The molecule has 0 atom stereocenters. The summed E-state index contributed by atoms with van der Waals surface area (Å²) >= 11 is 3.02.